The topological polar surface area (TPSA) is 95.0 Å². The van der Waals surface area contributed by atoms with Crippen molar-refractivity contribution in [2.24, 2.45) is 0 Å². The zero-order valence-corrected chi connectivity index (χ0v) is 14.6. The quantitative estimate of drug-likeness (QED) is 0.576. The van der Waals surface area contributed by atoms with Crippen molar-refractivity contribution in [2.45, 2.75) is 52.4 Å². The van der Waals surface area contributed by atoms with Gasteiger partial charge in [-0.05, 0) is 25.0 Å². The Kier molecular flexibility index (Phi) is 8.32. The summed E-state index contributed by atoms with van der Waals surface area (Å²) in [4.78, 5) is 46.9. The van der Waals surface area contributed by atoms with Crippen molar-refractivity contribution in [3.63, 3.8) is 0 Å². The predicted molar refractivity (Wildman–Crippen MR) is 92.5 cm³/mol. The molecule has 25 heavy (non-hydrogen) atoms. The molecule has 0 atom stereocenters. The van der Waals surface area contributed by atoms with Gasteiger partial charge in [-0.3, -0.25) is 19.2 Å². The average molecular weight is 348 g/mol. The van der Waals surface area contributed by atoms with Gasteiger partial charge in [-0.2, -0.15) is 5.01 Å². The predicted octanol–water partition coefficient (Wildman–Crippen LogP) is 2.75. The smallest absolute Gasteiger partial charge is 0.303 e. The van der Waals surface area contributed by atoms with Crippen molar-refractivity contribution in [3.8, 4) is 0 Å². The number of carbonyl (C=O) groups is 4. The maximum Gasteiger partial charge on any atom is 0.303 e. The molecular weight excluding hydrogens is 324 g/mol. The Bertz CT molecular complexity index is 615. The van der Waals surface area contributed by atoms with Crippen LogP contribution in [0.5, 0.6) is 0 Å². The molecule has 0 aliphatic carbocycles. The van der Waals surface area contributed by atoms with Crippen LogP contribution in [0, 0.1) is 0 Å². The van der Waals surface area contributed by atoms with Crippen molar-refractivity contribution in [3.05, 3.63) is 30.3 Å². The monoisotopic (exact) mass is 348 g/mol. The van der Waals surface area contributed by atoms with Crippen LogP contribution in [0.25, 0.3) is 0 Å². The summed E-state index contributed by atoms with van der Waals surface area (Å²) in [5, 5.41) is 10.5. The minimum absolute atomic E-state index is 0.111. The first kappa shape index (κ1) is 20.3. The fraction of sp³-hybridized carbons (Fsp3) is 0.444. The molecule has 0 bridgehead atoms. The van der Waals surface area contributed by atoms with E-state index < -0.39 is 23.7 Å². The molecule has 1 aromatic carbocycles. The number of benzene rings is 1. The number of carboxylic acid groups (broad SMARTS) is 1. The molecule has 1 rings (SSSR count). The SMILES string of the molecule is CC(=O)N(C(=O)CCCCCCC(=O)O)N(C(C)=O)c1ccccc1. The molecule has 0 aromatic heterocycles. The van der Waals surface area contributed by atoms with Crippen molar-refractivity contribution in [1.29, 1.82) is 0 Å². The van der Waals surface area contributed by atoms with Crippen LogP contribution in [0.1, 0.15) is 52.4 Å². The van der Waals surface area contributed by atoms with Crippen LogP contribution in [-0.2, 0) is 19.2 Å². The Morgan fingerprint density at radius 1 is 0.840 bits per heavy atom. The first-order valence-electron chi connectivity index (χ1n) is 8.25. The van der Waals surface area contributed by atoms with Crippen molar-refractivity contribution >= 4 is 29.4 Å². The third-order valence-electron chi connectivity index (χ3n) is 3.56. The van der Waals surface area contributed by atoms with Gasteiger partial charge in [0.2, 0.25) is 17.7 Å². The second kappa shape index (κ2) is 10.2. The summed E-state index contributed by atoms with van der Waals surface area (Å²) in [5.74, 6) is -2.25. The number of hydrazine groups is 1. The standard InChI is InChI=1S/C18H24N2O5/c1-14(21)19(16-10-6-5-7-11-16)20(15(2)22)17(23)12-8-3-4-9-13-18(24)25/h5-7,10-11H,3-4,8-9,12-13H2,1-2H3,(H,24,25). The van der Waals surface area contributed by atoms with E-state index in [4.69, 9.17) is 5.11 Å². The molecular formula is C18H24N2O5. The van der Waals surface area contributed by atoms with Gasteiger partial charge < -0.3 is 5.11 Å². The van der Waals surface area contributed by atoms with E-state index in [2.05, 4.69) is 0 Å². The van der Waals surface area contributed by atoms with Crippen LogP contribution >= 0.6 is 0 Å². The van der Waals surface area contributed by atoms with Gasteiger partial charge in [0, 0.05) is 26.7 Å². The number of carbonyl (C=O) groups excluding carboxylic acids is 3. The summed E-state index contributed by atoms with van der Waals surface area (Å²) in [5.41, 5.74) is 0.444. The fourth-order valence-corrected chi connectivity index (χ4v) is 2.45. The third kappa shape index (κ3) is 6.74. The minimum Gasteiger partial charge on any atom is -0.481 e. The zero-order valence-electron chi connectivity index (χ0n) is 14.6. The minimum atomic E-state index is -0.834. The van der Waals surface area contributed by atoms with E-state index in [0.717, 1.165) is 10.0 Å². The van der Waals surface area contributed by atoms with Gasteiger partial charge in [0.05, 0.1) is 5.69 Å². The van der Waals surface area contributed by atoms with E-state index in [9.17, 15) is 19.2 Å². The number of carboxylic acids is 1. The van der Waals surface area contributed by atoms with E-state index in [0.29, 0.717) is 31.4 Å². The van der Waals surface area contributed by atoms with E-state index in [1.54, 1.807) is 30.3 Å². The molecule has 7 nitrogen and oxygen atoms in total. The molecule has 3 amide bonds. The maximum absolute atomic E-state index is 12.5. The summed E-state index contributed by atoms with van der Waals surface area (Å²) in [7, 11) is 0. The number of imide groups is 1. The molecule has 1 aromatic rings. The average Bonchev–Trinajstić information content (AvgIpc) is 2.55. The van der Waals surface area contributed by atoms with Crippen LogP contribution in [0.3, 0.4) is 0 Å². The lowest BCUT2D eigenvalue weighted by Gasteiger charge is -2.31. The van der Waals surface area contributed by atoms with E-state index in [-0.39, 0.29) is 12.8 Å². The highest BCUT2D eigenvalue weighted by Crippen LogP contribution is 2.18. The molecule has 0 spiro atoms. The summed E-state index contributed by atoms with van der Waals surface area (Å²) in [6.07, 6.45) is 2.71. The largest absolute Gasteiger partial charge is 0.481 e. The van der Waals surface area contributed by atoms with Crippen LogP contribution in [0.2, 0.25) is 0 Å². The maximum atomic E-state index is 12.5. The number of amides is 3. The molecule has 7 heteroatoms. The molecule has 0 saturated carbocycles. The Morgan fingerprint density at radius 2 is 1.40 bits per heavy atom. The second-order valence-corrected chi connectivity index (χ2v) is 5.70. The van der Waals surface area contributed by atoms with Gasteiger partial charge in [-0.25, -0.2) is 5.01 Å². The highest BCUT2D eigenvalue weighted by Gasteiger charge is 2.28. The lowest BCUT2D eigenvalue weighted by molar-refractivity contribution is -0.147. The highest BCUT2D eigenvalue weighted by molar-refractivity contribution is 6.03. The van der Waals surface area contributed by atoms with Crippen molar-refractivity contribution in [1.82, 2.24) is 5.01 Å². The second-order valence-electron chi connectivity index (χ2n) is 5.70. The van der Waals surface area contributed by atoms with E-state index in [1.165, 1.54) is 13.8 Å². The molecule has 0 fully saturated rings. The summed E-state index contributed by atoms with van der Waals surface area (Å²) < 4.78 is 0. The Morgan fingerprint density at radius 3 is 1.88 bits per heavy atom. The number of rotatable bonds is 8. The van der Waals surface area contributed by atoms with Crippen molar-refractivity contribution < 1.29 is 24.3 Å². The van der Waals surface area contributed by atoms with Gasteiger partial charge in [-0.15, -0.1) is 0 Å². The molecule has 1 N–H and O–H groups in total. The molecule has 0 saturated heterocycles. The zero-order chi connectivity index (χ0) is 18.8. The number of para-hydroxylation sites is 1. The fourth-order valence-electron chi connectivity index (χ4n) is 2.45. The number of aliphatic carboxylic acids is 1. The van der Waals surface area contributed by atoms with Gasteiger partial charge in [-0.1, -0.05) is 31.0 Å². The van der Waals surface area contributed by atoms with E-state index in [1.807, 2.05) is 0 Å². The lowest BCUT2D eigenvalue weighted by atomic mass is 10.1. The summed E-state index contributed by atoms with van der Waals surface area (Å²) in [6.45, 7) is 2.53. The number of hydrogen-bond acceptors (Lipinski definition) is 4. The molecule has 0 aliphatic heterocycles. The normalized spacial score (nSPS) is 10.2. The first-order valence-corrected chi connectivity index (χ1v) is 8.25. The van der Waals surface area contributed by atoms with Gasteiger partial charge in [0.25, 0.3) is 0 Å². The van der Waals surface area contributed by atoms with Crippen LogP contribution in [0.15, 0.2) is 30.3 Å². The van der Waals surface area contributed by atoms with Crippen LogP contribution in [-0.4, -0.2) is 33.8 Å². The number of nitrogens with zero attached hydrogens (tertiary/aromatic N) is 2. The van der Waals surface area contributed by atoms with Crippen molar-refractivity contribution in [2.75, 3.05) is 5.01 Å². The summed E-state index contributed by atoms with van der Waals surface area (Å²) >= 11 is 0. The van der Waals surface area contributed by atoms with Crippen LogP contribution < -0.4 is 5.01 Å². The molecule has 0 radical (unpaired) electrons. The Balaban J connectivity index is 2.70. The van der Waals surface area contributed by atoms with Gasteiger partial charge in [0.15, 0.2) is 0 Å². The number of anilines is 1. The number of hydrogen-bond donors (Lipinski definition) is 1. The van der Waals surface area contributed by atoms with Gasteiger partial charge >= 0.3 is 5.97 Å². The molecule has 136 valence electrons. The molecule has 0 heterocycles. The highest BCUT2D eigenvalue weighted by atomic mass is 16.4. The Hall–Kier alpha value is -2.70. The molecule has 0 aliphatic rings. The van der Waals surface area contributed by atoms with E-state index >= 15 is 0 Å². The summed E-state index contributed by atoms with van der Waals surface area (Å²) in [6, 6.07) is 8.51. The van der Waals surface area contributed by atoms with Gasteiger partial charge in [0.1, 0.15) is 0 Å². The first-order chi connectivity index (χ1) is 11.8. The lowest BCUT2D eigenvalue weighted by Crippen LogP contribution is -2.51. The third-order valence-corrected chi connectivity index (χ3v) is 3.56. The number of unbranched alkanes of at least 4 members (excludes halogenated alkanes) is 3. The molecule has 0 unspecified atom stereocenters. The Labute approximate surface area is 147 Å². The van der Waals surface area contributed by atoms with Crippen LogP contribution in [0.4, 0.5) is 5.69 Å².